The normalized spacial score (nSPS) is 10.5. The summed E-state index contributed by atoms with van der Waals surface area (Å²) in [5.41, 5.74) is 3.33. The fourth-order valence-electron chi connectivity index (χ4n) is 2.03. The van der Waals surface area contributed by atoms with Gasteiger partial charge in [-0.15, -0.1) is 0 Å². The molecule has 0 aliphatic rings. The van der Waals surface area contributed by atoms with Crippen molar-refractivity contribution in [3.63, 3.8) is 0 Å². The first kappa shape index (κ1) is 14.7. The predicted octanol–water partition coefficient (Wildman–Crippen LogP) is 3.74. The number of hydrogen-bond donors (Lipinski definition) is 0. The summed E-state index contributed by atoms with van der Waals surface area (Å²) in [4.78, 5) is 22.4. The van der Waals surface area contributed by atoms with Crippen LogP contribution in [-0.4, -0.2) is 18.9 Å². The molecule has 2 rings (SSSR count). The van der Waals surface area contributed by atoms with Crippen LogP contribution in [0.5, 0.6) is 0 Å². The van der Waals surface area contributed by atoms with Crippen molar-refractivity contribution in [3.05, 3.63) is 65.7 Å². The number of carbonyl (C=O) groups excluding carboxylic acids is 2. The van der Waals surface area contributed by atoms with Crippen molar-refractivity contribution in [3.8, 4) is 11.1 Å². The van der Waals surface area contributed by atoms with E-state index >= 15 is 0 Å². The van der Waals surface area contributed by atoms with Crippen molar-refractivity contribution in [2.45, 2.75) is 6.92 Å². The molecule has 0 atom stereocenters. The molecule has 3 nitrogen and oxygen atoms in total. The van der Waals surface area contributed by atoms with Gasteiger partial charge in [-0.2, -0.15) is 0 Å². The van der Waals surface area contributed by atoms with E-state index in [0.717, 1.165) is 23.0 Å². The zero-order valence-corrected chi connectivity index (χ0v) is 11.8. The third-order valence-corrected chi connectivity index (χ3v) is 2.98. The van der Waals surface area contributed by atoms with Gasteiger partial charge >= 0.3 is 5.97 Å². The highest BCUT2D eigenvalue weighted by atomic mass is 16.5. The fraction of sp³-hybridized carbons (Fsp3) is 0.111. The lowest BCUT2D eigenvalue weighted by Gasteiger charge is -2.05. The molecular weight excluding hydrogens is 264 g/mol. The second-order valence-electron chi connectivity index (χ2n) is 4.42. The first-order valence-electron chi connectivity index (χ1n) is 6.74. The maximum atomic E-state index is 11.3. The molecule has 0 N–H and O–H groups in total. The number of carbonyl (C=O) groups is 2. The minimum atomic E-state index is -0.365. The van der Waals surface area contributed by atoms with E-state index in [4.69, 9.17) is 4.74 Å². The molecule has 0 spiro atoms. The lowest BCUT2D eigenvalue weighted by molar-refractivity contribution is -0.137. The van der Waals surface area contributed by atoms with Gasteiger partial charge in [0.1, 0.15) is 0 Å². The minimum absolute atomic E-state index is 0.357. The molecule has 21 heavy (non-hydrogen) atoms. The van der Waals surface area contributed by atoms with Crippen LogP contribution in [0.4, 0.5) is 0 Å². The smallest absolute Gasteiger partial charge is 0.330 e. The van der Waals surface area contributed by atoms with Gasteiger partial charge in [0.05, 0.1) is 6.61 Å². The number of hydrogen-bond acceptors (Lipinski definition) is 3. The Balaban J connectivity index is 2.29. The molecule has 0 unspecified atom stereocenters. The Kier molecular flexibility index (Phi) is 5.04. The topological polar surface area (TPSA) is 43.4 Å². The molecule has 0 radical (unpaired) electrons. The summed E-state index contributed by atoms with van der Waals surface area (Å²) in [7, 11) is 0. The highest BCUT2D eigenvalue weighted by Crippen LogP contribution is 2.23. The highest BCUT2D eigenvalue weighted by molar-refractivity contribution is 5.89. The third-order valence-electron chi connectivity index (χ3n) is 2.98. The molecule has 0 aliphatic carbocycles. The van der Waals surface area contributed by atoms with E-state index in [1.165, 1.54) is 6.08 Å². The van der Waals surface area contributed by atoms with Gasteiger partial charge in [0, 0.05) is 11.6 Å². The van der Waals surface area contributed by atoms with Gasteiger partial charge in [-0.3, -0.25) is 4.79 Å². The van der Waals surface area contributed by atoms with E-state index in [1.807, 2.05) is 42.5 Å². The molecule has 0 aliphatic heterocycles. The Bertz CT molecular complexity index is 672. The summed E-state index contributed by atoms with van der Waals surface area (Å²) < 4.78 is 4.84. The average Bonchev–Trinajstić information content (AvgIpc) is 2.53. The molecule has 0 bridgehead atoms. The van der Waals surface area contributed by atoms with Gasteiger partial charge in [0.2, 0.25) is 0 Å². The third kappa shape index (κ3) is 3.89. The Labute approximate surface area is 123 Å². The van der Waals surface area contributed by atoms with Crippen molar-refractivity contribution in [2.24, 2.45) is 0 Å². The Morgan fingerprint density at radius 2 is 1.95 bits per heavy atom. The standard InChI is InChI=1S/C18H16O3/c1-2-21-18(20)11-10-14-6-5-8-15(12-14)17-9-4-3-7-16(17)13-19/h3-13H,2H2,1H3/b11-10+. The summed E-state index contributed by atoms with van der Waals surface area (Å²) in [5.74, 6) is -0.365. The van der Waals surface area contributed by atoms with E-state index in [0.29, 0.717) is 12.2 Å². The van der Waals surface area contributed by atoms with Crippen molar-refractivity contribution < 1.29 is 14.3 Å². The Morgan fingerprint density at radius 1 is 1.14 bits per heavy atom. The molecular formula is C18H16O3. The van der Waals surface area contributed by atoms with Gasteiger partial charge < -0.3 is 4.74 Å². The molecule has 0 amide bonds. The number of ether oxygens (including phenoxy) is 1. The second kappa shape index (κ2) is 7.20. The van der Waals surface area contributed by atoms with Gasteiger partial charge in [0.25, 0.3) is 0 Å². The van der Waals surface area contributed by atoms with E-state index in [9.17, 15) is 9.59 Å². The molecule has 0 saturated carbocycles. The van der Waals surface area contributed by atoms with Crippen molar-refractivity contribution in [1.82, 2.24) is 0 Å². The minimum Gasteiger partial charge on any atom is -0.463 e. The summed E-state index contributed by atoms with van der Waals surface area (Å²) in [6.07, 6.45) is 3.94. The van der Waals surface area contributed by atoms with Crippen LogP contribution in [0.15, 0.2) is 54.6 Å². The fourth-order valence-corrected chi connectivity index (χ4v) is 2.03. The van der Waals surface area contributed by atoms with E-state index in [2.05, 4.69) is 0 Å². The maximum Gasteiger partial charge on any atom is 0.330 e. The summed E-state index contributed by atoms with van der Waals surface area (Å²) >= 11 is 0. The van der Waals surface area contributed by atoms with Crippen LogP contribution >= 0.6 is 0 Å². The number of esters is 1. The van der Waals surface area contributed by atoms with Crippen molar-refractivity contribution >= 4 is 18.3 Å². The van der Waals surface area contributed by atoms with Crippen LogP contribution in [-0.2, 0) is 9.53 Å². The maximum absolute atomic E-state index is 11.3. The molecule has 106 valence electrons. The first-order valence-corrected chi connectivity index (χ1v) is 6.74. The van der Waals surface area contributed by atoms with E-state index in [1.54, 1.807) is 19.1 Å². The summed E-state index contributed by atoms with van der Waals surface area (Å²) in [6, 6.07) is 15.1. The molecule has 2 aromatic carbocycles. The van der Waals surface area contributed by atoms with Crippen LogP contribution in [0.2, 0.25) is 0 Å². The van der Waals surface area contributed by atoms with Crippen molar-refractivity contribution in [1.29, 1.82) is 0 Å². The van der Waals surface area contributed by atoms with Gasteiger partial charge in [-0.25, -0.2) is 4.79 Å². The highest BCUT2D eigenvalue weighted by Gasteiger charge is 2.04. The molecule has 2 aromatic rings. The largest absolute Gasteiger partial charge is 0.463 e. The van der Waals surface area contributed by atoms with Crippen LogP contribution < -0.4 is 0 Å². The lowest BCUT2D eigenvalue weighted by Crippen LogP contribution is -1.98. The summed E-state index contributed by atoms with van der Waals surface area (Å²) in [6.45, 7) is 2.12. The van der Waals surface area contributed by atoms with Gasteiger partial charge in [-0.05, 0) is 35.8 Å². The van der Waals surface area contributed by atoms with Crippen LogP contribution in [0.1, 0.15) is 22.8 Å². The SMILES string of the molecule is CCOC(=O)/C=C/c1cccc(-c2ccccc2C=O)c1. The van der Waals surface area contributed by atoms with E-state index < -0.39 is 0 Å². The van der Waals surface area contributed by atoms with Crippen LogP contribution in [0, 0.1) is 0 Å². The zero-order valence-electron chi connectivity index (χ0n) is 11.8. The van der Waals surface area contributed by atoms with Crippen molar-refractivity contribution in [2.75, 3.05) is 6.61 Å². The molecule has 0 heterocycles. The zero-order chi connectivity index (χ0) is 15.1. The molecule has 0 aromatic heterocycles. The number of rotatable bonds is 5. The van der Waals surface area contributed by atoms with Gasteiger partial charge in [0.15, 0.2) is 6.29 Å². The van der Waals surface area contributed by atoms with E-state index in [-0.39, 0.29) is 5.97 Å². The van der Waals surface area contributed by atoms with Crippen LogP contribution in [0.3, 0.4) is 0 Å². The molecule has 0 saturated heterocycles. The first-order chi connectivity index (χ1) is 10.2. The summed E-state index contributed by atoms with van der Waals surface area (Å²) in [5, 5.41) is 0. The quantitative estimate of drug-likeness (QED) is 0.476. The number of aldehydes is 1. The molecule has 3 heteroatoms. The Hall–Kier alpha value is -2.68. The van der Waals surface area contributed by atoms with Crippen LogP contribution in [0.25, 0.3) is 17.2 Å². The van der Waals surface area contributed by atoms with Gasteiger partial charge in [-0.1, -0.05) is 42.5 Å². The second-order valence-corrected chi connectivity index (χ2v) is 4.42. The monoisotopic (exact) mass is 280 g/mol. The lowest BCUT2D eigenvalue weighted by atomic mass is 9.98. The average molecular weight is 280 g/mol. The predicted molar refractivity (Wildman–Crippen MR) is 82.9 cm³/mol. The number of benzene rings is 2. The molecule has 0 fully saturated rings. The Morgan fingerprint density at radius 3 is 2.71 bits per heavy atom.